The first-order valence-corrected chi connectivity index (χ1v) is 10.4. The number of anilines is 1. The molecule has 2 fully saturated rings. The summed E-state index contributed by atoms with van der Waals surface area (Å²) in [6.45, 7) is 3.60. The van der Waals surface area contributed by atoms with E-state index in [9.17, 15) is 5.26 Å². The van der Waals surface area contributed by atoms with Gasteiger partial charge in [0.05, 0.1) is 21.4 Å². The van der Waals surface area contributed by atoms with Crippen molar-refractivity contribution >= 4 is 29.0 Å². The van der Waals surface area contributed by atoms with Crippen molar-refractivity contribution in [3.8, 4) is 17.3 Å². The van der Waals surface area contributed by atoms with Gasteiger partial charge in [-0.2, -0.15) is 5.26 Å². The minimum absolute atomic E-state index is 0.264. The number of benzene rings is 1. The summed E-state index contributed by atoms with van der Waals surface area (Å²) >= 11 is 12.5. The van der Waals surface area contributed by atoms with Gasteiger partial charge in [-0.15, -0.1) is 0 Å². The number of nitriles is 1. The third kappa shape index (κ3) is 3.24. The number of hydrogen-bond acceptors (Lipinski definition) is 5. The van der Waals surface area contributed by atoms with Crippen LogP contribution in [0.2, 0.25) is 10.0 Å². The van der Waals surface area contributed by atoms with Gasteiger partial charge in [0.15, 0.2) is 11.5 Å². The van der Waals surface area contributed by atoms with Gasteiger partial charge in [0.2, 0.25) is 0 Å². The predicted octanol–water partition coefficient (Wildman–Crippen LogP) is 4.73. The van der Waals surface area contributed by atoms with E-state index in [2.05, 4.69) is 16.0 Å². The third-order valence-corrected chi connectivity index (χ3v) is 7.22. The molecule has 1 aliphatic heterocycles. The highest BCUT2D eigenvalue weighted by Gasteiger charge is 2.43. The Morgan fingerprint density at radius 2 is 1.96 bits per heavy atom. The molecule has 1 aromatic carbocycles. The van der Waals surface area contributed by atoms with Crippen molar-refractivity contribution in [2.75, 3.05) is 18.0 Å². The van der Waals surface area contributed by atoms with Gasteiger partial charge in [-0.1, -0.05) is 41.8 Å². The Balaban J connectivity index is 1.66. The Bertz CT molecular complexity index is 945. The quantitative estimate of drug-likeness (QED) is 0.766. The molecule has 5 nitrogen and oxygen atoms in total. The predicted molar refractivity (Wildman–Crippen MR) is 113 cm³/mol. The van der Waals surface area contributed by atoms with Crippen molar-refractivity contribution in [2.24, 2.45) is 11.1 Å². The van der Waals surface area contributed by atoms with Crippen LogP contribution in [-0.2, 0) is 0 Å². The van der Waals surface area contributed by atoms with Gasteiger partial charge in [0.1, 0.15) is 6.07 Å². The lowest BCUT2D eigenvalue weighted by atomic mass is 9.74. The Labute approximate surface area is 175 Å². The number of hydrogen-bond donors (Lipinski definition) is 1. The van der Waals surface area contributed by atoms with Gasteiger partial charge in [-0.05, 0) is 44.1 Å². The highest BCUT2D eigenvalue weighted by atomic mass is 35.5. The first-order chi connectivity index (χ1) is 13.4. The molecule has 0 amide bonds. The van der Waals surface area contributed by atoms with Gasteiger partial charge < -0.3 is 10.6 Å². The lowest BCUT2D eigenvalue weighted by molar-refractivity contribution is 0.197. The first kappa shape index (κ1) is 19.4. The molecule has 1 aliphatic carbocycles. The van der Waals surface area contributed by atoms with E-state index in [4.69, 9.17) is 33.9 Å². The van der Waals surface area contributed by atoms with Crippen molar-refractivity contribution < 1.29 is 0 Å². The SMILES string of the molecule is Cc1nc(N2CCC3(CCCC3N)CC2)c(C#N)nc1-c1cccc(Cl)c1Cl. The maximum Gasteiger partial charge on any atom is 0.183 e. The van der Waals surface area contributed by atoms with E-state index in [1.54, 1.807) is 6.07 Å². The second-order valence-electron chi connectivity index (χ2n) is 7.89. The van der Waals surface area contributed by atoms with Gasteiger partial charge in [-0.25, -0.2) is 9.97 Å². The average molecular weight is 416 g/mol. The van der Waals surface area contributed by atoms with Crippen molar-refractivity contribution in [2.45, 2.75) is 45.1 Å². The van der Waals surface area contributed by atoms with E-state index >= 15 is 0 Å². The molecule has 4 rings (SSSR count). The highest BCUT2D eigenvalue weighted by Crippen LogP contribution is 2.46. The molecule has 1 unspecified atom stereocenters. The minimum Gasteiger partial charge on any atom is -0.354 e. The Morgan fingerprint density at radius 3 is 2.61 bits per heavy atom. The molecule has 1 aromatic heterocycles. The van der Waals surface area contributed by atoms with Crippen LogP contribution in [0.3, 0.4) is 0 Å². The molecule has 0 radical (unpaired) electrons. The molecule has 2 aromatic rings. The van der Waals surface area contributed by atoms with Crippen LogP contribution in [0.5, 0.6) is 0 Å². The summed E-state index contributed by atoms with van der Waals surface area (Å²) < 4.78 is 0. The standard InChI is InChI=1S/C21H23Cl2N5/c1-13-19(14-4-2-5-15(22)18(14)23)27-16(12-24)20(26-13)28-10-8-21(9-11-28)7-3-6-17(21)25/h2,4-5,17H,3,6-11,25H2,1H3. The highest BCUT2D eigenvalue weighted by molar-refractivity contribution is 6.43. The molecule has 146 valence electrons. The number of aryl methyl sites for hydroxylation is 1. The van der Waals surface area contributed by atoms with E-state index < -0.39 is 0 Å². The van der Waals surface area contributed by atoms with Crippen molar-refractivity contribution in [1.82, 2.24) is 9.97 Å². The topological polar surface area (TPSA) is 78.8 Å². The summed E-state index contributed by atoms with van der Waals surface area (Å²) in [6, 6.07) is 7.91. The summed E-state index contributed by atoms with van der Waals surface area (Å²) in [5.74, 6) is 0.656. The third-order valence-electron chi connectivity index (χ3n) is 6.40. The zero-order valence-electron chi connectivity index (χ0n) is 15.9. The zero-order valence-corrected chi connectivity index (χ0v) is 17.4. The molecule has 7 heteroatoms. The molecule has 28 heavy (non-hydrogen) atoms. The maximum atomic E-state index is 9.72. The lowest BCUT2D eigenvalue weighted by Gasteiger charge is -2.42. The molecule has 1 saturated carbocycles. The summed E-state index contributed by atoms with van der Waals surface area (Å²) in [5.41, 5.74) is 9.00. The monoisotopic (exact) mass is 415 g/mol. The molecular formula is C21H23Cl2N5. The van der Waals surface area contributed by atoms with Crippen molar-refractivity contribution in [3.63, 3.8) is 0 Å². The summed E-state index contributed by atoms with van der Waals surface area (Å²) in [7, 11) is 0. The molecule has 1 atom stereocenters. The van der Waals surface area contributed by atoms with Gasteiger partial charge >= 0.3 is 0 Å². The van der Waals surface area contributed by atoms with Crippen LogP contribution in [0, 0.1) is 23.7 Å². The number of nitrogens with two attached hydrogens (primary N) is 1. The summed E-state index contributed by atoms with van der Waals surface area (Å²) in [4.78, 5) is 11.5. The van der Waals surface area contributed by atoms with Gasteiger partial charge in [0.25, 0.3) is 0 Å². The minimum atomic E-state index is 0.264. The fourth-order valence-corrected chi connectivity index (χ4v) is 5.09. The van der Waals surface area contributed by atoms with Crippen molar-refractivity contribution in [3.05, 3.63) is 39.6 Å². The van der Waals surface area contributed by atoms with Crippen LogP contribution in [0.25, 0.3) is 11.3 Å². The van der Waals surface area contributed by atoms with Crippen LogP contribution in [-0.4, -0.2) is 29.1 Å². The molecule has 1 saturated heterocycles. The van der Waals surface area contributed by atoms with Crippen LogP contribution >= 0.6 is 23.2 Å². The Kier molecular flexibility index (Phi) is 5.22. The summed E-state index contributed by atoms with van der Waals surface area (Å²) in [6.07, 6.45) is 5.64. The Hall–Kier alpha value is -1.87. The van der Waals surface area contributed by atoms with E-state index in [0.717, 1.165) is 38.0 Å². The number of aromatic nitrogens is 2. The van der Waals surface area contributed by atoms with Gasteiger partial charge in [0, 0.05) is 24.7 Å². The van der Waals surface area contributed by atoms with E-state index in [-0.39, 0.29) is 5.41 Å². The number of piperidine rings is 1. The second kappa shape index (κ2) is 7.51. The molecule has 0 bridgehead atoms. The normalized spacial score (nSPS) is 21.1. The lowest BCUT2D eigenvalue weighted by Crippen LogP contribution is -2.47. The fourth-order valence-electron chi connectivity index (χ4n) is 4.70. The number of halogens is 2. The molecule has 2 N–H and O–H groups in total. The number of rotatable bonds is 2. The molecule has 1 spiro atoms. The Morgan fingerprint density at radius 1 is 1.21 bits per heavy atom. The summed E-state index contributed by atoms with van der Waals surface area (Å²) in [5, 5.41) is 10.6. The average Bonchev–Trinajstić information content (AvgIpc) is 3.04. The van der Waals surface area contributed by atoms with E-state index in [1.807, 2.05) is 19.1 Å². The maximum absolute atomic E-state index is 9.72. The zero-order chi connectivity index (χ0) is 19.9. The molecule has 2 heterocycles. The van der Waals surface area contributed by atoms with E-state index in [0.29, 0.717) is 38.9 Å². The molecule has 2 aliphatic rings. The van der Waals surface area contributed by atoms with Crippen LogP contribution in [0.15, 0.2) is 18.2 Å². The smallest absolute Gasteiger partial charge is 0.183 e. The van der Waals surface area contributed by atoms with Gasteiger partial charge in [-0.3, -0.25) is 0 Å². The van der Waals surface area contributed by atoms with Crippen LogP contribution in [0.1, 0.15) is 43.5 Å². The molecular weight excluding hydrogens is 393 g/mol. The number of nitrogens with zero attached hydrogens (tertiary/aromatic N) is 4. The van der Waals surface area contributed by atoms with E-state index in [1.165, 1.54) is 12.8 Å². The van der Waals surface area contributed by atoms with Crippen molar-refractivity contribution in [1.29, 1.82) is 5.26 Å². The van der Waals surface area contributed by atoms with Crippen LogP contribution < -0.4 is 10.6 Å². The van der Waals surface area contributed by atoms with Crippen LogP contribution in [0.4, 0.5) is 5.82 Å². The largest absolute Gasteiger partial charge is 0.354 e. The second-order valence-corrected chi connectivity index (χ2v) is 8.68. The first-order valence-electron chi connectivity index (χ1n) is 9.69. The fraction of sp³-hybridized carbons (Fsp3) is 0.476.